The quantitative estimate of drug-likeness (QED) is 0.0561. The van der Waals surface area contributed by atoms with E-state index in [1.54, 1.807) is 84.9 Å². The highest BCUT2D eigenvalue weighted by Gasteiger charge is 2.11. The number of benzene rings is 4. The fourth-order valence-corrected chi connectivity index (χ4v) is 3.91. The van der Waals surface area contributed by atoms with E-state index in [1.165, 1.54) is 0 Å². The van der Waals surface area contributed by atoms with E-state index in [9.17, 15) is 9.59 Å². The molecule has 0 unspecified atom stereocenters. The van der Waals surface area contributed by atoms with Crippen LogP contribution in [0.25, 0.3) is 11.1 Å². The number of carbonyl (C=O) groups is 2. The largest absolute Gasteiger partial charge is 0.491 e. The van der Waals surface area contributed by atoms with Gasteiger partial charge in [-0.3, -0.25) is 0 Å². The monoisotopic (exact) mass is 594 g/mol. The molecule has 8 heteroatoms. The third kappa shape index (κ3) is 9.97. The number of rotatable bonds is 17. The molecule has 0 fully saturated rings. The number of hydrogen-bond donors (Lipinski definition) is 0. The summed E-state index contributed by atoms with van der Waals surface area (Å²) in [4.78, 5) is 25.2. The molecule has 226 valence electrons. The van der Waals surface area contributed by atoms with Gasteiger partial charge in [-0.2, -0.15) is 0 Å². The average molecular weight is 595 g/mol. The first-order valence-corrected chi connectivity index (χ1v) is 14.0. The van der Waals surface area contributed by atoms with Crippen LogP contribution in [-0.4, -0.2) is 51.6 Å². The summed E-state index contributed by atoms with van der Waals surface area (Å²) in [6, 6.07) is 27.8. The molecule has 4 aromatic rings. The van der Waals surface area contributed by atoms with Crippen molar-refractivity contribution in [2.24, 2.45) is 0 Å². The molecule has 0 spiro atoms. The molecule has 0 amide bonds. The van der Waals surface area contributed by atoms with Crippen molar-refractivity contribution in [3.63, 3.8) is 0 Å². The molecule has 4 aromatic carbocycles. The number of ether oxygens (including phenoxy) is 6. The molecule has 8 nitrogen and oxygen atoms in total. The SMILES string of the molecule is C=CCOCCOc1ccc(C(=O)Oc2ccc(-c3ccc(OC(=O)c4ccc(OCCOCC=C)cc4)cc3)cc2)cc1. The molecule has 44 heavy (non-hydrogen) atoms. The van der Waals surface area contributed by atoms with Crippen molar-refractivity contribution in [1.82, 2.24) is 0 Å². The summed E-state index contributed by atoms with van der Waals surface area (Å²) in [5.74, 6) is 1.16. The Kier molecular flexibility index (Phi) is 12.3. The van der Waals surface area contributed by atoms with Crippen LogP contribution >= 0.6 is 0 Å². The highest BCUT2D eigenvalue weighted by molar-refractivity contribution is 5.92. The second kappa shape index (κ2) is 17.1. The molecule has 0 heterocycles. The molecule has 0 aliphatic rings. The second-order valence-corrected chi connectivity index (χ2v) is 9.30. The summed E-state index contributed by atoms with van der Waals surface area (Å²) in [6.07, 6.45) is 3.35. The standard InChI is InChI=1S/C36H34O8/c1-3-21-39-23-25-41-31-13-9-29(10-14-31)35(37)43-33-17-5-27(6-18-33)28-7-19-34(20-8-28)44-36(38)30-11-15-32(16-12-30)42-26-24-40-22-4-2/h3-20H,1-2,21-26H2. The first kappa shape index (κ1) is 31.7. The van der Waals surface area contributed by atoms with Crippen molar-refractivity contribution in [2.75, 3.05) is 39.6 Å². The smallest absolute Gasteiger partial charge is 0.343 e. The van der Waals surface area contributed by atoms with E-state index >= 15 is 0 Å². The summed E-state index contributed by atoms with van der Waals surface area (Å²) in [5.41, 5.74) is 2.63. The van der Waals surface area contributed by atoms with Gasteiger partial charge in [0, 0.05) is 0 Å². The van der Waals surface area contributed by atoms with Crippen molar-refractivity contribution in [3.8, 4) is 34.1 Å². The molecule has 0 N–H and O–H groups in total. The lowest BCUT2D eigenvalue weighted by Crippen LogP contribution is -2.09. The topological polar surface area (TPSA) is 89.5 Å². The molecular formula is C36H34O8. The van der Waals surface area contributed by atoms with Crippen molar-refractivity contribution in [1.29, 1.82) is 0 Å². The maximum Gasteiger partial charge on any atom is 0.343 e. The predicted molar refractivity (Wildman–Crippen MR) is 168 cm³/mol. The predicted octanol–water partition coefficient (Wildman–Crippen LogP) is 6.95. The third-order valence-corrected chi connectivity index (χ3v) is 6.11. The second-order valence-electron chi connectivity index (χ2n) is 9.30. The minimum Gasteiger partial charge on any atom is -0.491 e. The minimum absolute atomic E-state index is 0.400. The molecule has 0 atom stereocenters. The Bertz CT molecular complexity index is 1380. The zero-order valence-electron chi connectivity index (χ0n) is 24.3. The fourth-order valence-electron chi connectivity index (χ4n) is 3.91. The highest BCUT2D eigenvalue weighted by Crippen LogP contribution is 2.26. The van der Waals surface area contributed by atoms with Crippen molar-refractivity contribution in [2.45, 2.75) is 0 Å². The normalized spacial score (nSPS) is 10.5. The maximum atomic E-state index is 12.6. The van der Waals surface area contributed by atoms with Crippen LogP contribution < -0.4 is 18.9 Å². The third-order valence-electron chi connectivity index (χ3n) is 6.11. The van der Waals surface area contributed by atoms with E-state index < -0.39 is 11.9 Å². The molecule has 0 aliphatic carbocycles. The van der Waals surface area contributed by atoms with Crippen LogP contribution in [0.3, 0.4) is 0 Å². The van der Waals surface area contributed by atoms with Gasteiger partial charge < -0.3 is 28.4 Å². The van der Waals surface area contributed by atoms with Crippen LogP contribution in [0, 0.1) is 0 Å². The lowest BCUT2D eigenvalue weighted by Gasteiger charge is -2.09. The Balaban J connectivity index is 1.24. The van der Waals surface area contributed by atoms with Gasteiger partial charge in [0.2, 0.25) is 0 Å². The molecular weight excluding hydrogens is 560 g/mol. The van der Waals surface area contributed by atoms with Crippen LogP contribution in [0.5, 0.6) is 23.0 Å². The van der Waals surface area contributed by atoms with Crippen LogP contribution in [0.2, 0.25) is 0 Å². The Morgan fingerprint density at radius 2 is 0.818 bits per heavy atom. The van der Waals surface area contributed by atoms with E-state index in [0.717, 1.165) is 11.1 Å². The van der Waals surface area contributed by atoms with E-state index in [4.69, 9.17) is 28.4 Å². The lowest BCUT2D eigenvalue weighted by molar-refractivity contribution is 0.0725. The van der Waals surface area contributed by atoms with Gasteiger partial charge in [0.05, 0.1) is 37.6 Å². The highest BCUT2D eigenvalue weighted by atomic mass is 16.5. The molecule has 0 radical (unpaired) electrons. The zero-order valence-corrected chi connectivity index (χ0v) is 24.3. The molecule has 0 saturated carbocycles. The van der Waals surface area contributed by atoms with E-state index in [1.807, 2.05) is 24.3 Å². The van der Waals surface area contributed by atoms with Crippen molar-refractivity contribution >= 4 is 11.9 Å². The maximum absolute atomic E-state index is 12.6. The van der Waals surface area contributed by atoms with Gasteiger partial charge in [0.15, 0.2) is 0 Å². The first-order chi connectivity index (χ1) is 21.6. The Morgan fingerprint density at radius 3 is 1.16 bits per heavy atom. The van der Waals surface area contributed by atoms with Gasteiger partial charge in [0.1, 0.15) is 36.2 Å². The van der Waals surface area contributed by atoms with E-state index in [0.29, 0.717) is 73.8 Å². The van der Waals surface area contributed by atoms with Gasteiger partial charge in [-0.05, 0) is 83.9 Å². The van der Waals surface area contributed by atoms with Crippen LogP contribution in [0.15, 0.2) is 122 Å². The number of esters is 2. The summed E-state index contributed by atoms with van der Waals surface area (Å²) in [7, 11) is 0. The van der Waals surface area contributed by atoms with E-state index in [2.05, 4.69) is 13.2 Å². The molecule has 0 bridgehead atoms. The van der Waals surface area contributed by atoms with Gasteiger partial charge >= 0.3 is 11.9 Å². The molecule has 0 saturated heterocycles. The average Bonchev–Trinajstić information content (AvgIpc) is 3.06. The summed E-state index contributed by atoms with van der Waals surface area (Å²) in [6.45, 7) is 9.82. The van der Waals surface area contributed by atoms with Crippen LogP contribution in [0.4, 0.5) is 0 Å². The number of carbonyl (C=O) groups excluding carboxylic acids is 2. The van der Waals surface area contributed by atoms with Crippen molar-refractivity contribution in [3.05, 3.63) is 133 Å². The minimum atomic E-state index is -0.471. The summed E-state index contributed by atoms with van der Waals surface area (Å²) < 4.78 is 32.8. The van der Waals surface area contributed by atoms with Gasteiger partial charge in [-0.15, -0.1) is 13.2 Å². The zero-order chi connectivity index (χ0) is 31.0. The Labute approximate surface area is 257 Å². The Morgan fingerprint density at radius 1 is 0.477 bits per heavy atom. The van der Waals surface area contributed by atoms with Crippen molar-refractivity contribution < 1.29 is 38.0 Å². The van der Waals surface area contributed by atoms with Gasteiger partial charge in [-0.1, -0.05) is 36.4 Å². The van der Waals surface area contributed by atoms with Crippen LogP contribution in [-0.2, 0) is 9.47 Å². The van der Waals surface area contributed by atoms with Crippen LogP contribution in [0.1, 0.15) is 20.7 Å². The summed E-state index contributed by atoms with van der Waals surface area (Å²) in [5, 5.41) is 0. The lowest BCUT2D eigenvalue weighted by atomic mass is 10.1. The molecule has 0 aliphatic heterocycles. The van der Waals surface area contributed by atoms with Gasteiger partial charge in [-0.25, -0.2) is 9.59 Å². The van der Waals surface area contributed by atoms with Gasteiger partial charge in [0.25, 0.3) is 0 Å². The molecule has 4 rings (SSSR count). The number of hydrogen-bond acceptors (Lipinski definition) is 8. The first-order valence-electron chi connectivity index (χ1n) is 14.0. The Hall–Kier alpha value is -5.18. The van der Waals surface area contributed by atoms with E-state index in [-0.39, 0.29) is 0 Å². The summed E-state index contributed by atoms with van der Waals surface area (Å²) >= 11 is 0. The molecule has 0 aromatic heterocycles. The fraction of sp³-hybridized carbons (Fsp3) is 0.167.